The summed E-state index contributed by atoms with van der Waals surface area (Å²) in [6, 6.07) is 40.4. The van der Waals surface area contributed by atoms with Gasteiger partial charge in [0, 0.05) is 175 Å². The van der Waals surface area contributed by atoms with Gasteiger partial charge in [0.2, 0.25) is 17.8 Å². The lowest BCUT2D eigenvalue weighted by Gasteiger charge is -2.29. The number of aromatic nitrogens is 11. The molecule has 0 aliphatic carbocycles. The Morgan fingerprint density at radius 3 is 0.897 bits per heavy atom. The van der Waals surface area contributed by atoms with E-state index in [0.29, 0.717) is 55.8 Å². The number of aryl methyl sites for hydroxylation is 8. The second kappa shape index (κ2) is 48.9. The molecule has 0 spiro atoms. The van der Waals surface area contributed by atoms with Crippen LogP contribution in [0.3, 0.4) is 0 Å². The number of carbonyl (C=O) groups excluding carboxylic acids is 4. The maximum atomic E-state index is 14.5. The zero-order valence-corrected chi connectivity index (χ0v) is 95.6. The van der Waals surface area contributed by atoms with Crippen molar-refractivity contribution in [1.29, 1.82) is 0 Å². The van der Waals surface area contributed by atoms with Gasteiger partial charge in [0.1, 0.15) is 47.0 Å². The topological polar surface area (TPSA) is 218 Å². The molecular weight excluding hydrogens is 1990 g/mol. The molecule has 11 heterocycles. The van der Waals surface area contributed by atoms with E-state index in [1.807, 2.05) is 240 Å². The van der Waals surface area contributed by atoms with Crippen LogP contribution in [0.25, 0.3) is 88.6 Å². The molecule has 15 rings (SSSR count). The van der Waals surface area contributed by atoms with E-state index in [-0.39, 0.29) is 83.7 Å². The molecule has 4 atom stereocenters. The summed E-state index contributed by atoms with van der Waals surface area (Å²) >= 11 is 24.9. The van der Waals surface area contributed by atoms with E-state index in [9.17, 15) is 32.3 Å². The second-order valence-electron chi connectivity index (χ2n) is 40.6. The number of pyridine rings is 7. The highest BCUT2D eigenvalue weighted by atomic mass is 35.5. The first-order valence-corrected chi connectivity index (χ1v) is 48.7. The lowest BCUT2D eigenvalue weighted by Crippen LogP contribution is -2.27. The molecule has 11 aromatic heterocycles. The molecule has 0 N–H and O–H groups in total. The fraction of sp³-hybridized carbons (Fsp3) is 0.377. The lowest BCUT2D eigenvalue weighted by atomic mass is 9.90. The first kappa shape index (κ1) is 120. The predicted octanol–water partition coefficient (Wildman–Crippen LogP) is 28.7. The third kappa shape index (κ3) is 27.7. The Bertz CT molecular complexity index is 7250. The van der Waals surface area contributed by atoms with Crippen molar-refractivity contribution in [3.63, 3.8) is 0 Å². The van der Waals surface area contributed by atoms with Gasteiger partial charge >= 0.3 is 0 Å². The van der Waals surface area contributed by atoms with Gasteiger partial charge in [0.25, 0.3) is 0 Å². The summed E-state index contributed by atoms with van der Waals surface area (Å²) in [6.45, 7) is 56.7. The van der Waals surface area contributed by atoms with Crippen LogP contribution < -0.4 is 0 Å². The van der Waals surface area contributed by atoms with Gasteiger partial charge in [-0.05, 0) is 336 Å². The van der Waals surface area contributed by atoms with Crippen LogP contribution in [0, 0.1) is 101 Å². The molecule has 0 aliphatic rings. The second-order valence-corrected chi connectivity index (χ2v) is 42.4. The summed E-state index contributed by atoms with van der Waals surface area (Å²) < 4.78 is 75.5. The number of ether oxygens (including phenoxy) is 4. The highest BCUT2D eigenvalue weighted by Gasteiger charge is 2.39. The van der Waals surface area contributed by atoms with E-state index in [2.05, 4.69) is 75.3 Å². The highest BCUT2D eigenvalue weighted by Crippen LogP contribution is 2.49. The number of nitrogens with zero attached hydrogens (tertiary/aromatic N) is 12. The van der Waals surface area contributed by atoms with Crippen LogP contribution in [0.15, 0.2) is 152 Å². The quantitative estimate of drug-likeness (QED) is 0.0486. The van der Waals surface area contributed by atoms with Crippen molar-refractivity contribution in [1.82, 2.24) is 58.1 Å². The van der Waals surface area contributed by atoms with Crippen molar-refractivity contribution in [2.45, 2.75) is 267 Å². The molecule has 0 amide bonds. The molecule has 0 radical (unpaired) electrons. The Kier molecular flexibility index (Phi) is 40.5. The van der Waals surface area contributed by atoms with Gasteiger partial charge < -0.3 is 42.1 Å². The standard InChI is InChI=1S/3C29H31ClFN3O2.C27H36ClN3O2.4H2S/c1-16-18(3)34(15-20-8-13-23(31)32-14-20)28-24(16)26(21-9-11-22(30)12-10-21)25(17(2)33-28)27(19(4)35)36-29(5,6)7;1-16-18(3)34(15-20-12-13-32-23(31)14-20)28-24(16)26(21-8-10-22(30)11-9-21)25(17(2)33-28)27(19(4)35)36-29(5,6)7;1-16-18(3)34(15-21-9-8-14-32-27(21)31)28-23(16)25(20-10-12-22(30)13-11-20)24(17(2)33-28)26(19(4)35)36-29(5,6)7;1-16-18(3)31(15-14-30(8)9)26-22(16)24(20-10-12-21(28)13-11-20)23(17(2)29-26)25(19(4)32)33-27(5,6)7;;;;/h2*8-14,27H,15H2,1-7H3;8-14,26H,15H2,1-7H3;10-13,25H,14-15H2,1-9H3;4*1H2/t2*27-;26-;25-;;;;/m1111..../s1. The fourth-order valence-electron chi connectivity index (χ4n) is 18.2. The molecule has 0 saturated heterocycles. The summed E-state index contributed by atoms with van der Waals surface area (Å²) in [4.78, 5) is 85.3. The van der Waals surface area contributed by atoms with E-state index in [1.54, 1.807) is 58.2 Å². The largest absolute Gasteiger partial charge is 0.360 e. The monoisotopic (exact) mass is 2130 g/mol. The molecule has 0 fully saturated rings. The normalized spacial score (nSPS) is 12.5. The Morgan fingerprint density at radius 2 is 0.634 bits per heavy atom. The Balaban J connectivity index is 0.000000234. The molecule has 4 aromatic carbocycles. The molecule has 0 aliphatic heterocycles. The van der Waals surface area contributed by atoms with E-state index < -0.39 is 64.7 Å². The Labute approximate surface area is 898 Å². The van der Waals surface area contributed by atoms with Crippen LogP contribution >= 0.6 is 100 Å². The first-order valence-electron chi connectivity index (χ1n) is 47.2. The maximum Gasteiger partial charge on any atom is 0.217 e. The minimum atomic E-state index is -0.800. The number of rotatable bonds is 25. The van der Waals surface area contributed by atoms with Crippen molar-refractivity contribution in [3.8, 4) is 44.5 Å². The lowest BCUT2D eigenvalue weighted by molar-refractivity contribution is -0.139. The Morgan fingerprint density at radius 1 is 0.352 bits per heavy atom. The smallest absolute Gasteiger partial charge is 0.217 e. The number of benzene rings is 4. The summed E-state index contributed by atoms with van der Waals surface area (Å²) in [5, 5.41) is 6.42. The third-order valence-electron chi connectivity index (χ3n) is 25.1. The fourth-order valence-corrected chi connectivity index (χ4v) is 18.7. The van der Waals surface area contributed by atoms with E-state index in [4.69, 9.17) is 85.3 Å². The summed E-state index contributed by atoms with van der Waals surface area (Å²) in [7, 11) is 4.15. The zero-order chi connectivity index (χ0) is 104. The predicted molar refractivity (Wildman–Crippen MR) is 605 cm³/mol. The number of likely N-dealkylation sites (N-methyl/N-ethyl adjacent to an activating group) is 1. The molecular formula is C114H137Cl4F3N12O8S4. The molecule has 145 heavy (non-hydrogen) atoms. The van der Waals surface area contributed by atoms with E-state index in [0.717, 1.165) is 175 Å². The first-order chi connectivity index (χ1) is 65.9. The maximum absolute atomic E-state index is 14.5. The number of halogens is 7. The molecule has 0 bridgehead atoms. The highest BCUT2D eigenvalue weighted by molar-refractivity contribution is 7.59. The number of Topliss-reactive ketones (excluding diaryl/α,β-unsaturated/α-hetero) is 4. The van der Waals surface area contributed by atoms with Gasteiger partial charge in [-0.15, -0.1) is 0 Å². The summed E-state index contributed by atoms with van der Waals surface area (Å²) in [5.74, 6) is -1.85. The molecule has 0 unspecified atom stereocenters. The van der Waals surface area contributed by atoms with Crippen LogP contribution in [0.1, 0.15) is 242 Å². The number of hydrogen-bond acceptors (Lipinski definition) is 16. The van der Waals surface area contributed by atoms with Crippen molar-refractivity contribution in [3.05, 3.63) is 297 Å². The van der Waals surface area contributed by atoms with Gasteiger partial charge in [-0.25, -0.2) is 34.9 Å². The number of carbonyl (C=O) groups is 4. The van der Waals surface area contributed by atoms with E-state index in [1.165, 1.54) is 35.8 Å². The van der Waals surface area contributed by atoms with Gasteiger partial charge in [-0.3, -0.25) is 19.2 Å². The average molecular weight is 2130 g/mol. The zero-order valence-electron chi connectivity index (χ0n) is 88.6. The number of fused-ring (bicyclic) bond motifs is 4. The molecule has 20 nitrogen and oxygen atoms in total. The Hall–Kier alpha value is -10.1. The average Bonchev–Trinajstić information content (AvgIpc) is 1.61. The van der Waals surface area contributed by atoms with Crippen LogP contribution in [0.2, 0.25) is 20.1 Å². The molecule has 774 valence electrons. The van der Waals surface area contributed by atoms with Crippen LogP contribution in [0.4, 0.5) is 13.2 Å². The van der Waals surface area contributed by atoms with Crippen molar-refractivity contribution in [2.75, 3.05) is 20.6 Å². The van der Waals surface area contributed by atoms with Crippen molar-refractivity contribution in [2.24, 2.45) is 0 Å². The van der Waals surface area contributed by atoms with Crippen molar-refractivity contribution < 1.29 is 51.3 Å². The minimum absolute atomic E-state index is 0. The molecule has 0 saturated carbocycles. The molecule has 15 aromatic rings. The minimum Gasteiger partial charge on any atom is -0.360 e. The molecule has 31 heteroatoms. The SMILES string of the molecule is CC(=O)[C@@H](OC(C)(C)C)c1c(C)nc2c(c(C)c(C)n2CCN(C)C)c1-c1ccc(Cl)cc1.CC(=O)[C@@H](OC(C)(C)C)c1c(C)nc2c(c(C)c(C)n2Cc2ccc(F)nc2)c1-c1ccc(Cl)cc1.CC(=O)[C@@H](OC(C)(C)C)c1c(C)nc2c(c(C)c(C)n2Cc2cccnc2F)c1-c1ccc(Cl)cc1.CC(=O)[C@@H](OC(C)(C)C)c1c(C)nc2c(c(C)c(C)n2Cc2ccnc(F)c2)c1-c1ccc(Cl)cc1.S.S.S.S. The van der Waals surface area contributed by atoms with Crippen LogP contribution in [-0.4, -0.2) is 124 Å². The van der Waals surface area contributed by atoms with Crippen molar-refractivity contribution >= 4 is 168 Å². The van der Waals surface area contributed by atoms with Crippen LogP contribution in [-0.2, 0) is 64.3 Å². The van der Waals surface area contributed by atoms with Gasteiger partial charge in [-0.1, -0.05) is 107 Å². The number of hydrogen-bond donors (Lipinski definition) is 0. The number of ketones is 4. The summed E-state index contributed by atoms with van der Waals surface area (Å²) in [6.07, 6.45) is 1.37. The summed E-state index contributed by atoms with van der Waals surface area (Å²) in [5.41, 5.74) is 25.1. The third-order valence-corrected chi connectivity index (χ3v) is 26.1. The van der Waals surface area contributed by atoms with Gasteiger partial charge in [0.15, 0.2) is 23.1 Å². The van der Waals surface area contributed by atoms with Gasteiger partial charge in [-0.2, -0.15) is 67.2 Å². The van der Waals surface area contributed by atoms with Gasteiger partial charge in [0.05, 0.1) is 35.5 Å². The van der Waals surface area contributed by atoms with Crippen LogP contribution in [0.5, 0.6) is 0 Å². The van der Waals surface area contributed by atoms with E-state index >= 15 is 0 Å².